The van der Waals surface area contributed by atoms with Crippen LogP contribution >= 0.6 is 27.5 Å². The molecule has 4 heteroatoms. The molecular formula is C16H14BrClN2. The fourth-order valence-electron chi connectivity index (χ4n) is 1.99. The molecule has 0 spiro atoms. The first-order chi connectivity index (χ1) is 9.58. The van der Waals surface area contributed by atoms with Crippen molar-refractivity contribution in [2.45, 2.75) is 13.1 Å². The van der Waals surface area contributed by atoms with Gasteiger partial charge >= 0.3 is 0 Å². The highest BCUT2D eigenvalue weighted by Gasteiger charge is 2.06. The normalized spacial score (nSPS) is 10.6. The highest BCUT2D eigenvalue weighted by molar-refractivity contribution is 9.10. The second kappa shape index (κ2) is 6.90. The summed E-state index contributed by atoms with van der Waals surface area (Å²) in [6.45, 7) is 1.60. The molecule has 0 unspecified atom stereocenters. The van der Waals surface area contributed by atoms with E-state index >= 15 is 0 Å². The van der Waals surface area contributed by atoms with Crippen LogP contribution < -0.4 is 0 Å². The van der Waals surface area contributed by atoms with Crippen molar-refractivity contribution in [2.75, 3.05) is 7.05 Å². The zero-order chi connectivity index (χ0) is 14.5. The van der Waals surface area contributed by atoms with Crippen molar-refractivity contribution in [3.63, 3.8) is 0 Å². The molecule has 0 aliphatic heterocycles. The summed E-state index contributed by atoms with van der Waals surface area (Å²) in [6.07, 6.45) is 0. The molecule has 2 rings (SSSR count). The molecule has 0 atom stereocenters. The molecule has 20 heavy (non-hydrogen) atoms. The zero-order valence-corrected chi connectivity index (χ0v) is 13.4. The van der Waals surface area contributed by atoms with Crippen molar-refractivity contribution in [3.05, 3.63) is 68.7 Å². The summed E-state index contributed by atoms with van der Waals surface area (Å²) in [5.41, 5.74) is 2.88. The molecule has 0 radical (unpaired) electrons. The Morgan fingerprint density at radius 2 is 1.85 bits per heavy atom. The molecule has 0 saturated carbocycles. The number of halogens is 2. The van der Waals surface area contributed by atoms with E-state index in [1.54, 1.807) is 12.1 Å². The average Bonchev–Trinajstić information content (AvgIpc) is 2.43. The van der Waals surface area contributed by atoms with E-state index in [9.17, 15) is 0 Å². The fourth-order valence-corrected chi connectivity index (χ4v) is 2.50. The third-order valence-corrected chi connectivity index (χ3v) is 3.87. The van der Waals surface area contributed by atoms with E-state index in [1.807, 2.05) is 18.2 Å². The molecule has 0 bridgehead atoms. The van der Waals surface area contributed by atoms with Crippen LogP contribution in [0.5, 0.6) is 0 Å². The van der Waals surface area contributed by atoms with Crippen LogP contribution in [-0.2, 0) is 13.1 Å². The Morgan fingerprint density at radius 1 is 1.15 bits per heavy atom. The monoisotopic (exact) mass is 348 g/mol. The van der Waals surface area contributed by atoms with E-state index in [0.717, 1.165) is 23.1 Å². The molecule has 0 saturated heterocycles. The maximum atomic E-state index is 8.83. The largest absolute Gasteiger partial charge is 0.298 e. The van der Waals surface area contributed by atoms with Crippen LogP contribution in [-0.4, -0.2) is 11.9 Å². The minimum absolute atomic E-state index is 0.592. The van der Waals surface area contributed by atoms with Crippen molar-refractivity contribution < 1.29 is 0 Å². The molecule has 0 aromatic heterocycles. The van der Waals surface area contributed by atoms with E-state index in [0.29, 0.717) is 10.6 Å². The summed E-state index contributed by atoms with van der Waals surface area (Å²) in [5, 5.41) is 9.47. The van der Waals surface area contributed by atoms with Gasteiger partial charge in [-0.15, -0.1) is 0 Å². The number of hydrogen-bond acceptors (Lipinski definition) is 2. The molecule has 0 fully saturated rings. The van der Waals surface area contributed by atoms with Crippen LogP contribution in [0.25, 0.3) is 0 Å². The number of hydrogen-bond donors (Lipinski definition) is 0. The number of rotatable bonds is 4. The minimum atomic E-state index is 0.592. The van der Waals surface area contributed by atoms with Crippen molar-refractivity contribution >= 4 is 27.5 Å². The maximum Gasteiger partial charge on any atom is 0.0992 e. The minimum Gasteiger partial charge on any atom is -0.298 e. The van der Waals surface area contributed by atoms with Gasteiger partial charge in [-0.05, 0) is 42.4 Å². The van der Waals surface area contributed by atoms with Gasteiger partial charge in [0.05, 0.1) is 11.6 Å². The Balaban J connectivity index is 2.03. The topological polar surface area (TPSA) is 27.0 Å². The van der Waals surface area contributed by atoms with E-state index in [1.165, 1.54) is 5.56 Å². The Bertz CT molecular complexity index is 632. The van der Waals surface area contributed by atoms with Gasteiger partial charge in [0.25, 0.3) is 0 Å². The van der Waals surface area contributed by atoms with Gasteiger partial charge in [-0.1, -0.05) is 45.7 Å². The Hall–Kier alpha value is -1.34. The van der Waals surface area contributed by atoms with Crippen molar-refractivity contribution in [1.82, 2.24) is 4.90 Å². The first-order valence-electron chi connectivity index (χ1n) is 6.20. The van der Waals surface area contributed by atoms with Crippen LogP contribution in [0.2, 0.25) is 5.02 Å². The lowest BCUT2D eigenvalue weighted by Gasteiger charge is -2.17. The van der Waals surface area contributed by atoms with Gasteiger partial charge in [-0.3, -0.25) is 4.90 Å². The van der Waals surface area contributed by atoms with Gasteiger partial charge < -0.3 is 0 Å². The van der Waals surface area contributed by atoms with Crippen LogP contribution in [0, 0.1) is 11.3 Å². The number of nitrogens with zero attached hydrogens (tertiary/aromatic N) is 2. The van der Waals surface area contributed by atoms with Gasteiger partial charge in [-0.25, -0.2) is 0 Å². The molecule has 0 aliphatic carbocycles. The highest BCUT2D eigenvalue weighted by Crippen LogP contribution is 2.20. The van der Waals surface area contributed by atoms with Gasteiger partial charge in [0.2, 0.25) is 0 Å². The Kier molecular flexibility index (Phi) is 5.19. The van der Waals surface area contributed by atoms with Crippen molar-refractivity contribution in [2.24, 2.45) is 0 Å². The summed E-state index contributed by atoms with van der Waals surface area (Å²) in [7, 11) is 2.05. The van der Waals surface area contributed by atoms with Crippen LogP contribution in [0.15, 0.2) is 46.9 Å². The van der Waals surface area contributed by atoms with E-state index in [2.05, 4.69) is 46.1 Å². The maximum absolute atomic E-state index is 8.83. The predicted molar refractivity (Wildman–Crippen MR) is 85.5 cm³/mol. The standard InChI is InChI=1S/C16H14BrClN2/c1-20(10-12-3-6-15(17)7-4-12)11-14-5-2-13(9-19)8-16(14)18/h2-8H,10-11H2,1H3. The van der Waals surface area contributed by atoms with Crippen LogP contribution in [0.1, 0.15) is 16.7 Å². The van der Waals surface area contributed by atoms with Gasteiger partial charge in [0.15, 0.2) is 0 Å². The third-order valence-electron chi connectivity index (χ3n) is 2.99. The third kappa shape index (κ3) is 4.08. The highest BCUT2D eigenvalue weighted by atomic mass is 79.9. The van der Waals surface area contributed by atoms with Gasteiger partial charge in [-0.2, -0.15) is 5.26 Å². The molecule has 2 nitrogen and oxygen atoms in total. The van der Waals surface area contributed by atoms with E-state index in [-0.39, 0.29) is 0 Å². The summed E-state index contributed by atoms with van der Waals surface area (Å²) >= 11 is 9.62. The van der Waals surface area contributed by atoms with Crippen LogP contribution in [0.4, 0.5) is 0 Å². The summed E-state index contributed by atoms with van der Waals surface area (Å²) in [5.74, 6) is 0. The summed E-state index contributed by atoms with van der Waals surface area (Å²) < 4.78 is 1.08. The molecular weight excluding hydrogens is 336 g/mol. The summed E-state index contributed by atoms with van der Waals surface area (Å²) in [4.78, 5) is 2.19. The van der Waals surface area contributed by atoms with E-state index < -0.39 is 0 Å². The Labute approximate surface area is 132 Å². The smallest absolute Gasteiger partial charge is 0.0992 e. The van der Waals surface area contributed by atoms with E-state index in [4.69, 9.17) is 16.9 Å². The molecule has 2 aromatic carbocycles. The fraction of sp³-hybridized carbons (Fsp3) is 0.188. The lowest BCUT2D eigenvalue weighted by molar-refractivity contribution is 0.319. The quantitative estimate of drug-likeness (QED) is 0.806. The number of nitriles is 1. The zero-order valence-electron chi connectivity index (χ0n) is 11.1. The predicted octanol–water partition coefficient (Wildman–Crippen LogP) is 4.61. The molecule has 102 valence electrons. The summed E-state index contributed by atoms with van der Waals surface area (Å²) in [6, 6.07) is 15.8. The molecule has 2 aromatic rings. The Morgan fingerprint density at radius 3 is 2.45 bits per heavy atom. The lowest BCUT2D eigenvalue weighted by atomic mass is 10.1. The molecule has 0 amide bonds. The molecule has 0 heterocycles. The van der Waals surface area contributed by atoms with Crippen LogP contribution in [0.3, 0.4) is 0 Å². The first kappa shape index (κ1) is 15.1. The van der Waals surface area contributed by atoms with Gasteiger partial charge in [0, 0.05) is 22.6 Å². The second-order valence-corrected chi connectivity index (χ2v) is 6.04. The van der Waals surface area contributed by atoms with Crippen molar-refractivity contribution in [1.29, 1.82) is 5.26 Å². The average molecular weight is 350 g/mol. The van der Waals surface area contributed by atoms with Gasteiger partial charge in [0.1, 0.15) is 0 Å². The molecule has 0 N–H and O–H groups in total. The molecule has 0 aliphatic rings. The SMILES string of the molecule is CN(Cc1ccc(Br)cc1)Cc1ccc(C#N)cc1Cl. The lowest BCUT2D eigenvalue weighted by Crippen LogP contribution is -2.17. The first-order valence-corrected chi connectivity index (χ1v) is 7.37. The van der Waals surface area contributed by atoms with Crippen molar-refractivity contribution in [3.8, 4) is 6.07 Å². The number of benzene rings is 2. The second-order valence-electron chi connectivity index (χ2n) is 4.72.